The molecule has 1 unspecified atom stereocenters. The standard InChI is InChI=1S/C51H54F2N8O9/c52-34-26-32(27-35(53)29-34)25-31-6-9-41-40(28-31)47(58-57-41)56-48(64)38-8-7-37(30-42(38)54-36-12-20-69-21-13-36)59-15-17-60(18-16-59)45(63)14-22-70-24-23-68-19-2-4-33-3-1-5-39-46(33)51(67)61(50(39)66)43-10-11-44(62)55-49(43)65/h1,3,5-9,26-30,36,43,54H,2,4,10-25H2,(H,55,62,65)(H2,56,57,58,64). The molecule has 0 spiro atoms. The summed E-state index contributed by atoms with van der Waals surface area (Å²) in [7, 11) is 0. The largest absolute Gasteiger partial charge is 0.381 e. The molecule has 3 fully saturated rings. The second kappa shape index (κ2) is 21.7. The lowest BCUT2D eigenvalue weighted by Gasteiger charge is -2.36. The van der Waals surface area contributed by atoms with Crippen molar-refractivity contribution in [3.8, 4) is 0 Å². The Morgan fingerprint density at radius 3 is 2.36 bits per heavy atom. The highest BCUT2D eigenvalue weighted by atomic mass is 19.1. The molecule has 4 aromatic carbocycles. The number of carbonyl (C=O) groups excluding carboxylic acids is 6. The SMILES string of the molecule is O=C1CCC(N2C(=O)c3cccc(CCCOCCOCCC(=O)N4CCN(c5ccc(C(=O)Nc6n[nH]c7ccc(Cc8cc(F)cc(F)c8)cc67)c(NC6CCOCC6)c5)CC4)c3C2=O)C(=O)N1. The molecule has 4 aliphatic rings. The van der Waals surface area contributed by atoms with Gasteiger partial charge in [-0.1, -0.05) is 18.2 Å². The lowest BCUT2D eigenvalue weighted by atomic mass is 9.99. The van der Waals surface area contributed by atoms with Gasteiger partial charge in [-0.05, 0) is 104 Å². The van der Waals surface area contributed by atoms with Gasteiger partial charge in [0.25, 0.3) is 17.7 Å². The Hall–Kier alpha value is -7.09. The fourth-order valence-corrected chi connectivity index (χ4v) is 9.51. The number of nitrogens with zero attached hydrogens (tertiary/aromatic N) is 4. The molecule has 1 atom stereocenters. The van der Waals surface area contributed by atoms with E-state index in [9.17, 15) is 37.5 Å². The predicted molar refractivity (Wildman–Crippen MR) is 254 cm³/mol. The number of carbonyl (C=O) groups is 6. The number of H-pyrrole nitrogens is 1. The van der Waals surface area contributed by atoms with E-state index in [4.69, 9.17) is 14.2 Å². The van der Waals surface area contributed by atoms with Crippen LogP contribution in [0.5, 0.6) is 0 Å². The van der Waals surface area contributed by atoms with Gasteiger partial charge in [0.05, 0.1) is 48.4 Å². The lowest BCUT2D eigenvalue weighted by molar-refractivity contribution is -0.136. The second-order valence-electron chi connectivity index (χ2n) is 17.9. The number of fused-ring (bicyclic) bond motifs is 2. The van der Waals surface area contributed by atoms with Crippen molar-refractivity contribution >= 4 is 63.5 Å². The third kappa shape index (κ3) is 11.0. The molecule has 9 rings (SSSR count). The summed E-state index contributed by atoms with van der Waals surface area (Å²) in [6, 6.07) is 18.8. The minimum absolute atomic E-state index is 0.00470. The molecule has 6 amide bonds. The van der Waals surface area contributed by atoms with Gasteiger partial charge in [-0.15, -0.1) is 0 Å². The average molecular weight is 961 g/mol. The van der Waals surface area contributed by atoms with Gasteiger partial charge in [0.15, 0.2) is 5.82 Å². The summed E-state index contributed by atoms with van der Waals surface area (Å²) < 4.78 is 44.8. The van der Waals surface area contributed by atoms with Crippen LogP contribution in [0, 0.1) is 11.6 Å². The number of amides is 6. The zero-order valence-electron chi connectivity index (χ0n) is 38.5. The number of anilines is 3. The number of aromatic amines is 1. The number of piperidine rings is 1. The highest BCUT2D eigenvalue weighted by Crippen LogP contribution is 2.32. The Kier molecular flexibility index (Phi) is 14.9. The number of rotatable bonds is 18. The van der Waals surface area contributed by atoms with Crippen LogP contribution in [-0.4, -0.2) is 133 Å². The van der Waals surface area contributed by atoms with Gasteiger partial charge >= 0.3 is 0 Å². The Labute approximate surface area is 402 Å². The van der Waals surface area contributed by atoms with Crippen molar-refractivity contribution in [2.75, 3.05) is 81.4 Å². The summed E-state index contributed by atoms with van der Waals surface area (Å²) in [5, 5.41) is 16.8. The molecular weight excluding hydrogens is 907 g/mol. The highest BCUT2D eigenvalue weighted by Gasteiger charge is 2.45. The quantitative estimate of drug-likeness (QED) is 0.0646. The van der Waals surface area contributed by atoms with Crippen molar-refractivity contribution in [1.82, 2.24) is 25.3 Å². The molecule has 5 aromatic rings. The van der Waals surface area contributed by atoms with E-state index in [0.29, 0.717) is 111 Å². The van der Waals surface area contributed by atoms with Gasteiger partial charge in [-0.2, -0.15) is 5.10 Å². The van der Waals surface area contributed by atoms with E-state index in [1.165, 1.54) is 12.1 Å². The van der Waals surface area contributed by atoms with Crippen molar-refractivity contribution < 1.29 is 51.8 Å². The minimum atomic E-state index is -1.02. The molecule has 0 radical (unpaired) electrons. The molecule has 70 heavy (non-hydrogen) atoms. The third-order valence-corrected chi connectivity index (χ3v) is 13.1. The number of hydrogen-bond donors (Lipinski definition) is 4. The molecule has 5 heterocycles. The predicted octanol–water partition coefficient (Wildman–Crippen LogP) is 5.38. The van der Waals surface area contributed by atoms with Crippen molar-refractivity contribution in [2.24, 2.45) is 0 Å². The zero-order chi connectivity index (χ0) is 48.7. The summed E-state index contributed by atoms with van der Waals surface area (Å²) in [5.74, 6) is -3.46. The summed E-state index contributed by atoms with van der Waals surface area (Å²) in [6.45, 7) is 4.71. The molecule has 366 valence electrons. The summed E-state index contributed by atoms with van der Waals surface area (Å²) in [4.78, 5) is 82.7. The van der Waals surface area contributed by atoms with Gasteiger partial charge in [0, 0.05) is 81.3 Å². The number of nitrogens with one attached hydrogen (secondary N) is 4. The van der Waals surface area contributed by atoms with Crippen LogP contribution < -0.4 is 20.9 Å². The van der Waals surface area contributed by atoms with E-state index < -0.39 is 41.3 Å². The van der Waals surface area contributed by atoms with Crippen LogP contribution in [0.2, 0.25) is 0 Å². The molecule has 19 heteroatoms. The number of benzene rings is 4. The van der Waals surface area contributed by atoms with Gasteiger partial charge in [-0.3, -0.25) is 44.1 Å². The average Bonchev–Trinajstić information content (AvgIpc) is 3.86. The zero-order valence-corrected chi connectivity index (χ0v) is 38.5. The van der Waals surface area contributed by atoms with Crippen molar-refractivity contribution in [3.05, 3.63) is 118 Å². The van der Waals surface area contributed by atoms with Gasteiger partial charge < -0.3 is 34.6 Å². The lowest BCUT2D eigenvalue weighted by Crippen LogP contribution is -2.54. The van der Waals surface area contributed by atoms with E-state index in [1.54, 1.807) is 24.3 Å². The first-order chi connectivity index (χ1) is 34.0. The third-order valence-electron chi connectivity index (χ3n) is 13.1. The van der Waals surface area contributed by atoms with Crippen LogP contribution in [0.3, 0.4) is 0 Å². The maximum absolute atomic E-state index is 14.0. The van der Waals surface area contributed by atoms with E-state index in [2.05, 4.69) is 31.0 Å². The number of piperazine rings is 1. The maximum atomic E-state index is 14.0. The summed E-state index contributed by atoms with van der Waals surface area (Å²) in [6.07, 6.45) is 3.29. The van der Waals surface area contributed by atoms with Crippen LogP contribution in [0.4, 0.5) is 26.0 Å². The molecule has 1 aromatic heterocycles. The minimum Gasteiger partial charge on any atom is -0.381 e. The van der Waals surface area contributed by atoms with Crippen LogP contribution in [0.25, 0.3) is 10.9 Å². The number of aryl methyl sites for hydroxylation is 1. The second-order valence-corrected chi connectivity index (χ2v) is 17.9. The highest BCUT2D eigenvalue weighted by molar-refractivity contribution is 6.24. The number of hydrogen-bond acceptors (Lipinski definition) is 12. The molecular formula is C51H54F2N8O9. The maximum Gasteiger partial charge on any atom is 0.262 e. The normalized spacial score (nSPS) is 17.6. The van der Waals surface area contributed by atoms with E-state index in [-0.39, 0.29) is 61.3 Å². The van der Waals surface area contributed by atoms with Crippen molar-refractivity contribution in [3.63, 3.8) is 0 Å². The first-order valence-electron chi connectivity index (χ1n) is 23.7. The first-order valence-corrected chi connectivity index (χ1v) is 23.7. The monoisotopic (exact) mass is 960 g/mol. The van der Waals surface area contributed by atoms with E-state index >= 15 is 0 Å². The van der Waals surface area contributed by atoms with Gasteiger partial charge in [0.2, 0.25) is 17.7 Å². The number of halogens is 2. The Morgan fingerprint density at radius 1 is 0.814 bits per heavy atom. The molecule has 17 nitrogen and oxygen atoms in total. The number of aromatic nitrogens is 2. The van der Waals surface area contributed by atoms with Crippen LogP contribution >= 0.6 is 0 Å². The molecule has 3 saturated heterocycles. The van der Waals surface area contributed by atoms with E-state index in [0.717, 1.165) is 35.1 Å². The molecule has 0 aliphatic carbocycles. The summed E-state index contributed by atoms with van der Waals surface area (Å²) in [5.41, 5.74) is 5.22. The fourth-order valence-electron chi connectivity index (χ4n) is 9.51. The van der Waals surface area contributed by atoms with Gasteiger partial charge in [-0.25, -0.2) is 8.78 Å². The molecule has 0 saturated carbocycles. The molecule has 4 N–H and O–H groups in total. The summed E-state index contributed by atoms with van der Waals surface area (Å²) >= 11 is 0. The van der Waals surface area contributed by atoms with Gasteiger partial charge in [0.1, 0.15) is 17.7 Å². The fraction of sp³-hybridized carbons (Fsp3) is 0.392. The molecule has 0 bridgehead atoms. The van der Waals surface area contributed by atoms with Crippen LogP contribution in [-0.2, 0) is 41.4 Å². The molecule has 4 aliphatic heterocycles. The van der Waals surface area contributed by atoms with Crippen molar-refractivity contribution in [2.45, 2.75) is 63.5 Å². The van der Waals surface area contributed by atoms with Crippen molar-refractivity contribution in [1.29, 1.82) is 0 Å². The number of ether oxygens (including phenoxy) is 3. The van der Waals surface area contributed by atoms with Crippen LogP contribution in [0.15, 0.2) is 72.8 Å². The Bertz CT molecular complexity index is 2790. The number of imide groups is 2. The smallest absolute Gasteiger partial charge is 0.262 e. The Morgan fingerprint density at radius 2 is 1.59 bits per heavy atom. The first kappa shape index (κ1) is 48.0. The van der Waals surface area contributed by atoms with E-state index in [1.807, 2.05) is 35.2 Å². The Balaban J connectivity index is 0.721. The van der Waals surface area contributed by atoms with Crippen LogP contribution in [0.1, 0.15) is 86.3 Å². The topological polar surface area (TPSA) is 205 Å².